The number of H-pyrrole nitrogens is 1. The van der Waals surface area contributed by atoms with Crippen molar-refractivity contribution in [2.75, 3.05) is 0 Å². The Labute approximate surface area is 123 Å². The van der Waals surface area contributed by atoms with Crippen LogP contribution in [0.2, 0.25) is 0 Å². The second kappa shape index (κ2) is 4.64. The predicted molar refractivity (Wildman–Crippen MR) is 90.4 cm³/mol. The molecule has 100 valence electrons. The van der Waals surface area contributed by atoms with Gasteiger partial charge in [0.15, 0.2) is 0 Å². The minimum absolute atomic E-state index is 1.02. The standard InChI is InChI=1S/C20H15N/c1-14(20-13-18-8-4-5-9-19(18)21-20)16-11-10-15-6-2-3-7-17(15)12-16/h2-13,21H,1H2. The van der Waals surface area contributed by atoms with Gasteiger partial charge in [0, 0.05) is 16.6 Å². The SMILES string of the molecule is C=C(c1ccc2ccccc2c1)c1cc2ccccc2[nH]1. The van der Waals surface area contributed by atoms with Crippen molar-refractivity contribution in [1.82, 2.24) is 4.98 Å². The van der Waals surface area contributed by atoms with E-state index in [1.807, 2.05) is 6.07 Å². The van der Waals surface area contributed by atoms with E-state index in [0.717, 1.165) is 22.3 Å². The lowest BCUT2D eigenvalue weighted by atomic mass is 10.0. The number of aromatic nitrogens is 1. The Hall–Kier alpha value is -2.80. The number of fused-ring (bicyclic) bond motifs is 2. The summed E-state index contributed by atoms with van der Waals surface area (Å²) in [6.07, 6.45) is 0. The van der Waals surface area contributed by atoms with Crippen molar-refractivity contribution >= 4 is 27.2 Å². The normalized spacial score (nSPS) is 11.0. The van der Waals surface area contributed by atoms with Gasteiger partial charge in [0.25, 0.3) is 0 Å². The van der Waals surface area contributed by atoms with Crippen LogP contribution in [0.1, 0.15) is 11.3 Å². The summed E-state index contributed by atoms with van der Waals surface area (Å²) < 4.78 is 0. The predicted octanol–water partition coefficient (Wildman–Crippen LogP) is 5.38. The van der Waals surface area contributed by atoms with Crippen LogP contribution in [0.3, 0.4) is 0 Å². The van der Waals surface area contributed by atoms with Gasteiger partial charge in [-0.1, -0.05) is 61.2 Å². The van der Waals surface area contributed by atoms with Crippen molar-refractivity contribution in [3.8, 4) is 0 Å². The molecule has 0 aliphatic rings. The zero-order chi connectivity index (χ0) is 14.2. The van der Waals surface area contributed by atoms with Gasteiger partial charge >= 0.3 is 0 Å². The first kappa shape index (κ1) is 12.0. The van der Waals surface area contributed by atoms with Crippen molar-refractivity contribution in [2.24, 2.45) is 0 Å². The van der Waals surface area contributed by atoms with Crippen molar-refractivity contribution in [3.05, 3.63) is 90.6 Å². The first-order chi connectivity index (χ1) is 10.3. The van der Waals surface area contributed by atoms with Gasteiger partial charge in [0.1, 0.15) is 0 Å². The molecule has 0 unspecified atom stereocenters. The van der Waals surface area contributed by atoms with Gasteiger partial charge in [-0.15, -0.1) is 0 Å². The number of nitrogens with one attached hydrogen (secondary N) is 1. The Balaban J connectivity index is 1.81. The maximum absolute atomic E-state index is 4.27. The molecule has 0 aliphatic heterocycles. The molecule has 21 heavy (non-hydrogen) atoms. The summed E-state index contributed by atoms with van der Waals surface area (Å²) >= 11 is 0. The van der Waals surface area contributed by atoms with Crippen LogP contribution < -0.4 is 0 Å². The highest BCUT2D eigenvalue weighted by molar-refractivity contribution is 5.91. The van der Waals surface area contributed by atoms with Crippen molar-refractivity contribution in [1.29, 1.82) is 0 Å². The van der Waals surface area contributed by atoms with E-state index in [0.29, 0.717) is 0 Å². The molecule has 1 heteroatoms. The molecule has 0 saturated heterocycles. The summed E-state index contributed by atoms with van der Waals surface area (Å²) in [4.78, 5) is 3.44. The molecule has 0 bridgehead atoms. The van der Waals surface area contributed by atoms with Crippen LogP contribution in [0.25, 0.3) is 27.2 Å². The summed E-state index contributed by atoms with van der Waals surface area (Å²) in [7, 11) is 0. The number of benzene rings is 3. The highest BCUT2D eigenvalue weighted by Crippen LogP contribution is 2.27. The Morgan fingerprint density at radius 1 is 0.714 bits per heavy atom. The molecular weight excluding hydrogens is 254 g/mol. The number of hydrogen-bond acceptors (Lipinski definition) is 0. The number of hydrogen-bond donors (Lipinski definition) is 1. The number of rotatable bonds is 2. The average molecular weight is 269 g/mol. The average Bonchev–Trinajstić information content (AvgIpc) is 2.97. The van der Waals surface area contributed by atoms with E-state index in [9.17, 15) is 0 Å². The Bertz CT molecular complexity index is 927. The molecule has 0 amide bonds. The molecular formula is C20H15N. The molecule has 0 atom stereocenters. The van der Waals surface area contributed by atoms with Gasteiger partial charge in [-0.3, -0.25) is 0 Å². The van der Waals surface area contributed by atoms with Gasteiger partial charge in [0.05, 0.1) is 0 Å². The number of aromatic amines is 1. The zero-order valence-electron chi connectivity index (χ0n) is 11.6. The maximum Gasteiger partial charge on any atom is 0.0464 e. The van der Waals surface area contributed by atoms with Crippen molar-refractivity contribution < 1.29 is 0 Å². The molecule has 0 radical (unpaired) electrons. The van der Waals surface area contributed by atoms with E-state index < -0.39 is 0 Å². The summed E-state index contributed by atoms with van der Waals surface area (Å²) in [5.41, 5.74) is 4.40. The van der Waals surface area contributed by atoms with Gasteiger partial charge in [-0.05, 0) is 40.1 Å². The molecule has 0 aliphatic carbocycles. The smallest absolute Gasteiger partial charge is 0.0464 e. The van der Waals surface area contributed by atoms with E-state index in [-0.39, 0.29) is 0 Å². The fraction of sp³-hybridized carbons (Fsp3) is 0. The zero-order valence-corrected chi connectivity index (χ0v) is 11.6. The molecule has 4 rings (SSSR count). The van der Waals surface area contributed by atoms with Crippen LogP contribution in [0.4, 0.5) is 0 Å². The van der Waals surface area contributed by atoms with Crippen molar-refractivity contribution in [2.45, 2.75) is 0 Å². The molecule has 0 fully saturated rings. The fourth-order valence-electron chi connectivity index (χ4n) is 2.77. The molecule has 0 saturated carbocycles. The lowest BCUT2D eigenvalue weighted by molar-refractivity contribution is 1.40. The second-order valence-corrected chi connectivity index (χ2v) is 5.31. The summed E-state index contributed by atoms with van der Waals surface area (Å²) in [6, 6.07) is 25.3. The third kappa shape index (κ3) is 2.03. The van der Waals surface area contributed by atoms with Crippen LogP contribution in [0.15, 0.2) is 79.4 Å². The lowest BCUT2D eigenvalue weighted by Gasteiger charge is -2.06. The highest BCUT2D eigenvalue weighted by atomic mass is 14.7. The summed E-state index contributed by atoms with van der Waals surface area (Å²) in [6.45, 7) is 4.27. The Morgan fingerprint density at radius 3 is 2.24 bits per heavy atom. The third-order valence-corrected chi connectivity index (χ3v) is 3.95. The van der Waals surface area contributed by atoms with Crippen LogP contribution in [0.5, 0.6) is 0 Å². The third-order valence-electron chi connectivity index (χ3n) is 3.95. The minimum atomic E-state index is 1.02. The molecule has 1 aromatic heterocycles. The van der Waals surface area contributed by atoms with Crippen LogP contribution in [0, 0.1) is 0 Å². The molecule has 1 N–H and O–H groups in total. The van der Waals surface area contributed by atoms with E-state index in [2.05, 4.69) is 78.3 Å². The monoisotopic (exact) mass is 269 g/mol. The topological polar surface area (TPSA) is 15.8 Å². The van der Waals surface area contributed by atoms with E-state index in [1.54, 1.807) is 0 Å². The van der Waals surface area contributed by atoms with Gasteiger partial charge < -0.3 is 4.98 Å². The highest BCUT2D eigenvalue weighted by Gasteiger charge is 2.06. The minimum Gasteiger partial charge on any atom is -0.355 e. The van der Waals surface area contributed by atoms with E-state index in [1.165, 1.54) is 16.2 Å². The van der Waals surface area contributed by atoms with E-state index >= 15 is 0 Å². The molecule has 1 nitrogen and oxygen atoms in total. The molecule has 3 aromatic carbocycles. The maximum atomic E-state index is 4.27. The molecule has 0 spiro atoms. The van der Waals surface area contributed by atoms with Gasteiger partial charge in [-0.25, -0.2) is 0 Å². The quantitative estimate of drug-likeness (QED) is 0.502. The fourth-order valence-corrected chi connectivity index (χ4v) is 2.77. The largest absolute Gasteiger partial charge is 0.355 e. The van der Waals surface area contributed by atoms with Crippen molar-refractivity contribution in [3.63, 3.8) is 0 Å². The van der Waals surface area contributed by atoms with Gasteiger partial charge in [-0.2, -0.15) is 0 Å². The molecule has 4 aromatic rings. The van der Waals surface area contributed by atoms with E-state index in [4.69, 9.17) is 0 Å². The Morgan fingerprint density at radius 2 is 1.43 bits per heavy atom. The first-order valence-corrected chi connectivity index (χ1v) is 7.07. The van der Waals surface area contributed by atoms with Crippen LogP contribution in [-0.4, -0.2) is 4.98 Å². The Kier molecular flexibility index (Phi) is 2.65. The summed E-state index contributed by atoms with van der Waals surface area (Å²) in [5, 5.41) is 3.72. The first-order valence-electron chi connectivity index (χ1n) is 7.07. The number of para-hydroxylation sites is 1. The summed E-state index contributed by atoms with van der Waals surface area (Å²) in [5.74, 6) is 0. The van der Waals surface area contributed by atoms with Crippen LogP contribution in [-0.2, 0) is 0 Å². The second-order valence-electron chi connectivity index (χ2n) is 5.31. The van der Waals surface area contributed by atoms with Gasteiger partial charge in [0.2, 0.25) is 0 Å². The molecule has 1 heterocycles. The van der Waals surface area contributed by atoms with Crippen LogP contribution >= 0.6 is 0 Å². The lowest BCUT2D eigenvalue weighted by Crippen LogP contribution is -1.86.